The Kier molecular flexibility index (Phi) is 4.39. The van der Waals surface area contributed by atoms with E-state index in [-0.39, 0.29) is 6.10 Å². The van der Waals surface area contributed by atoms with E-state index >= 15 is 0 Å². The van der Waals surface area contributed by atoms with E-state index in [1.807, 2.05) is 12.4 Å². The number of allylic oxidation sites excluding steroid dienone is 3. The molecule has 0 amide bonds. The Labute approximate surface area is 170 Å². The molecular formula is C25H36N2O. The first kappa shape index (κ1) is 18.7. The topological polar surface area (TPSA) is 35.8 Å². The molecule has 28 heavy (non-hydrogen) atoms. The quantitative estimate of drug-likeness (QED) is 0.660. The van der Waals surface area contributed by atoms with Gasteiger partial charge in [-0.15, -0.1) is 0 Å². The molecule has 0 saturated heterocycles. The molecule has 0 aromatic carbocycles. The average molecular weight is 381 g/mol. The van der Waals surface area contributed by atoms with Crippen LogP contribution in [0.3, 0.4) is 0 Å². The van der Waals surface area contributed by atoms with Crippen LogP contribution in [-0.4, -0.2) is 28.9 Å². The number of rotatable bonds is 2. The van der Waals surface area contributed by atoms with Gasteiger partial charge in [0, 0.05) is 29.7 Å². The molecule has 4 aliphatic carbocycles. The Morgan fingerprint density at radius 2 is 2.00 bits per heavy atom. The highest BCUT2D eigenvalue weighted by Gasteiger charge is 2.59. The summed E-state index contributed by atoms with van der Waals surface area (Å²) in [5, 5.41) is 10.3. The van der Waals surface area contributed by atoms with Crippen LogP contribution in [0.25, 0.3) is 0 Å². The lowest BCUT2D eigenvalue weighted by Gasteiger charge is -2.60. The number of aliphatic imine (C=N–C) groups is 1. The highest BCUT2D eigenvalue weighted by Crippen LogP contribution is 2.66. The number of hydrogen-bond acceptors (Lipinski definition) is 3. The lowest BCUT2D eigenvalue weighted by molar-refractivity contribution is -0.0559. The smallest absolute Gasteiger partial charge is 0.0577 e. The van der Waals surface area contributed by atoms with E-state index in [4.69, 9.17) is 0 Å². The fraction of sp³-hybridized carbons (Fsp3) is 0.720. The summed E-state index contributed by atoms with van der Waals surface area (Å²) in [5.74, 6) is 2.99. The van der Waals surface area contributed by atoms with Crippen molar-refractivity contribution >= 4 is 6.21 Å². The minimum Gasteiger partial charge on any atom is -0.393 e. The third-order valence-electron chi connectivity index (χ3n) is 9.28. The second-order valence-electron chi connectivity index (χ2n) is 10.4. The third kappa shape index (κ3) is 2.54. The predicted molar refractivity (Wildman–Crippen MR) is 115 cm³/mol. The Balaban J connectivity index is 1.50. The van der Waals surface area contributed by atoms with Gasteiger partial charge in [0.15, 0.2) is 0 Å². The van der Waals surface area contributed by atoms with Crippen molar-refractivity contribution in [1.29, 1.82) is 0 Å². The second kappa shape index (κ2) is 6.58. The van der Waals surface area contributed by atoms with Gasteiger partial charge in [-0.05, 0) is 74.0 Å². The Morgan fingerprint density at radius 3 is 2.75 bits per heavy atom. The fourth-order valence-electron chi connectivity index (χ4n) is 7.74. The molecule has 0 radical (unpaired) electrons. The van der Waals surface area contributed by atoms with Crippen molar-refractivity contribution in [1.82, 2.24) is 4.90 Å². The van der Waals surface area contributed by atoms with Crippen molar-refractivity contribution < 1.29 is 5.11 Å². The first-order valence-corrected chi connectivity index (χ1v) is 11.5. The van der Waals surface area contributed by atoms with E-state index in [9.17, 15) is 5.11 Å². The maximum absolute atomic E-state index is 10.3. The third-order valence-corrected chi connectivity index (χ3v) is 9.28. The molecule has 1 aliphatic heterocycles. The van der Waals surface area contributed by atoms with Crippen LogP contribution in [0.4, 0.5) is 0 Å². The normalized spacial score (nSPS) is 47.1. The molecule has 152 valence electrons. The summed E-state index contributed by atoms with van der Waals surface area (Å²) in [4.78, 5) is 6.72. The van der Waals surface area contributed by atoms with Gasteiger partial charge in [-0.25, -0.2) is 0 Å². The molecule has 0 spiro atoms. The molecule has 2 saturated carbocycles. The molecule has 0 bridgehead atoms. The maximum Gasteiger partial charge on any atom is 0.0577 e. The minimum absolute atomic E-state index is 0.116. The first-order valence-electron chi connectivity index (χ1n) is 11.5. The van der Waals surface area contributed by atoms with Crippen LogP contribution in [0, 0.1) is 34.5 Å². The van der Waals surface area contributed by atoms with Gasteiger partial charge in [0.25, 0.3) is 0 Å². The molecule has 0 aromatic heterocycles. The van der Waals surface area contributed by atoms with Crippen molar-refractivity contribution in [3.8, 4) is 0 Å². The Bertz CT molecular complexity index is 765. The van der Waals surface area contributed by atoms with E-state index in [1.165, 1.54) is 32.1 Å². The van der Waals surface area contributed by atoms with E-state index in [0.29, 0.717) is 16.7 Å². The summed E-state index contributed by atoms with van der Waals surface area (Å²) in [6, 6.07) is 0. The summed E-state index contributed by atoms with van der Waals surface area (Å²) in [6.45, 7) is 8.37. The molecule has 0 unspecified atom stereocenters. The summed E-state index contributed by atoms with van der Waals surface area (Å²) in [6.07, 6.45) is 19.4. The predicted octanol–water partition coefficient (Wildman–Crippen LogP) is 5.30. The van der Waals surface area contributed by atoms with E-state index < -0.39 is 0 Å². The molecule has 5 aliphatic rings. The van der Waals surface area contributed by atoms with E-state index in [2.05, 4.69) is 49.0 Å². The zero-order valence-electron chi connectivity index (χ0n) is 17.8. The number of nitrogens with zero attached hydrogens (tertiary/aromatic N) is 2. The van der Waals surface area contributed by atoms with E-state index in [0.717, 1.165) is 37.1 Å². The van der Waals surface area contributed by atoms with Gasteiger partial charge in [0.1, 0.15) is 0 Å². The molecule has 3 nitrogen and oxygen atoms in total. The van der Waals surface area contributed by atoms with Gasteiger partial charge in [-0.2, -0.15) is 0 Å². The first-order chi connectivity index (χ1) is 13.5. The minimum atomic E-state index is -0.116. The van der Waals surface area contributed by atoms with Crippen molar-refractivity contribution in [3.05, 3.63) is 35.8 Å². The zero-order valence-corrected chi connectivity index (χ0v) is 17.8. The van der Waals surface area contributed by atoms with Crippen LogP contribution in [0.15, 0.2) is 40.8 Å². The van der Waals surface area contributed by atoms with Crippen LogP contribution in [0.2, 0.25) is 0 Å². The van der Waals surface area contributed by atoms with Crippen molar-refractivity contribution in [3.63, 3.8) is 0 Å². The zero-order chi connectivity index (χ0) is 19.5. The van der Waals surface area contributed by atoms with Gasteiger partial charge in [-0.1, -0.05) is 38.5 Å². The molecule has 3 heteroatoms. The van der Waals surface area contributed by atoms with Crippen LogP contribution >= 0.6 is 0 Å². The van der Waals surface area contributed by atoms with Gasteiger partial charge in [0.2, 0.25) is 0 Å². The van der Waals surface area contributed by atoms with Crippen molar-refractivity contribution in [2.75, 3.05) is 6.54 Å². The van der Waals surface area contributed by atoms with Gasteiger partial charge in [-0.3, -0.25) is 4.99 Å². The summed E-state index contributed by atoms with van der Waals surface area (Å²) < 4.78 is 0. The van der Waals surface area contributed by atoms with Gasteiger partial charge < -0.3 is 10.0 Å². The molecule has 2 fully saturated rings. The summed E-state index contributed by atoms with van der Waals surface area (Å²) in [7, 11) is 0. The maximum atomic E-state index is 10.3. The number of aliphatic hydroxyl groups is 1. The van der Waals surface area contributed by atoms with Crippen LogP contribution < -0.4 is 0 Å². The van der Waals surface area contributed by atoms with E-state index in [1.54, 1.807) is 11.3 Å². The summed E-state index contributed by atoms with van der Waals surface area (Å²) in [5.41, 5.74) is 3.74. The Morgan fingerprint density at radius 1 is 1.18 bits per heavy atom. The largest absolute Gasteiger partial charge is 0.393 e. The number of aliphatic hydroxyl groups excluding tert-OH is 1. The average Bonchev–Trinajstić information content (AvgIpc) is 3.06. The monoisotopic (exact) mass is 380 g/mol. The second-order valence-corrected chi connectivity index (χ2v) is 10.4. The fourth-order valence-corrected chi connectivity index (χ4v) is 7.74. The van der Waals surface area contributed by atoms with Crippen LogP contribution in [0.1, 0.15) is 65.7 Å². The molecular weight excluding hydrogens is 344 g/mol. The van der Waals surface area contributed by atoms with Crippen LogP contribution in [0.5, 0.6) is 0 Å². The SMILES string of the molecule is CC[C@@H]1C=C2C[C@@H](O)CC[C@]2(C)[C@H]2CC[C@]3(C)C(N4C=CN=CC4)=CC[C@H]3[C@H]12. The Hall–Kier alpha value is -1.35. The van der Waals surface area contributed by atoms with Gasteiger partial charge >= 0.3 is 0 Å². The lowest BCUT2D eigenvalue weighted by atomic mass is 9.45. The standard InChI is InChI=1S/C25H36N2O/c1-4-17-15-18-16-19(28)7-9-24(18,2)21-8-10-25(3)20(23(17)21)5-6-22(25)27-13-11-26-12-14-27/h6,11-13,15,17,19-21,23,28H,4-5,7-10,14,16H2,1-3H3/t17-,19+,20+,21+,23+,24+,25+/m1/s1. The highest BCUT2D eigenvalue weighted by molar-refractivity contribution is 5.62. The van der Waals surface area contributed by atoms with Gasteiger partial charge in [0.05, 0.1) is 12.6 Å². The van der Waals surface area contributed by atoms with Crippen LogP contribution in [-0.2, 0) is 0 Å². The molecule has 1 N–H and O–H groups in total. The lowest BCUT2D eigenvalue weighted by Crippen LogP contribution is -2.53. The molecule has 5 rings (SSSR count). The highest BCUT2D eigenvalue weighted by atomic mass is 16.3. The molecule has 1 heterocycles. The van der Waals surface area contributed by atoms with Crippen molar-refractivity contribution in [2.24, 2.45) is 39.5 Å². The summed E-state index contributed by atoms with van der Waals surface area (Å²) >= 11 is 0. The number of hydrogen-bond donors (Lipinski definition) is 1. The molecule has 7 atom stereocenters. The number of fused-ring (bicyclic) bond motifs is 5. The van der Waals surface area contributed by atoms with Crippen molar-refractivity contribution in [2.45, 2.75) is 71.8 Å². The molecule has 0 aromatic rings.